The Kier molecular flexibility index (Phi) is 4.28. The van der Waals surface area contributed by atoms with Crippen molar-refractivity contribution in [2.24, 2.45) is 0 Å². The highest BCUT2D eigenvalue weighted by Crippen LogP contribution is 2.19. The van der Waals surface area contributed by atoms with E-state index in [-0.39, 0.29) is 16.9 Å². The van der Waals surface area contributed by atoms with Crippen LogP contribution in [0.25, 0.3) is 0 Å². The number of nitrogens with zero attached hydrogens (tertiary/aromatic N) is 1. The Labute approximate surface area is 120 Å². The highest BCUT2D eigenvalue weighted by molar-refractivity contribution is 7.12. The molecule has 0 amide bonds. The summed E-state index contributed by atoms with van der Waals surface area (Å²) in [4.78, 5) is 24.9. The maximum Gasteiger partial charge on any atom is 0.340 e. The molecule has 0 aliphatic rings. The summed E-state index contributed by atoms with van der Waals surface area (Å²) in [5.41, 5.74) is 0.457. The molecule has 0 saturated heterocycles. The second-order valence-electron chi connectivity index (χ2n) is 4.03. The fourth-order valence-corrected chi connectivity index (χ4v) is 2.33. The predicted molar refractivity (Wildman–Crippen MR) is 74.7 cm³/mol. The van der Waals surface area contributed by atoms with Gasteiger partial charge in [-0.2, -0.15) is 5.26 Å². The van der Waals surface area contributed by atoms with Crippen LogP contribution in [0.1, 0.15) is 32.5 Å². The van der Waals surface area contributed by atoms with Crippen LogP contribution in [-0.2, 0) is 4.74 Å². The molecular weight excluding hydrogens is 274 g/mol. The second kappa shape index (κ2) is 6.13. The molecule has 0 saturated carbocycles. The minimum absolute atomic E-state index is 0.174. The van der Waals surface area contributed by atoms with E-state index in [2.05, 4.69) is 0 Å². The lowest BCUT2D eigenvalue weighted by atomic mass is 10.0. The van der Waals surface area contributed by atoms with Crippen LogP contribution in [0.5, 0.6) is 0 Å². The zero-order valence-electron chi connectivity index (χ0n) is 10.7. The summed E-state index contributed by atoms with van der Waals surface area (Å²) < 4.78 is 4.94. The lowest BCUT2D eigenvalue weighted by Gasteiger charge is -2.09. The number of ether oxygens (including phenoxy) is 1. The first-order valence-electron chi connectivity index (χ1n) is 5.91. The largest absolute Gasteiger partial charge is 0.444 e. The van der Waals surface area contributed by atoms with Gasteiger partial charge in [0.05, 0.1) is 10.4 Å². The first-order chi connectivity index (χ1) is 9.63. The number of ketones is 1. The minimum atomic E-state index is -0.854. The molecule has 0 radical (unpaired) electrons. The highest BCUT2D eigenvalue weighted by atomic mass is 32.1. The number of esters is 1. The number of hydrogen-bond donors (Lipinski definition) is 0. The van der Waals surface area contributed by atoms with Gasteiger partial charge in [-0.25, -0.2) is 4.79 Å². The molecule has 2 aromatic rings. The van der Waals surface area contributed by atoms with E-state index in [1.165, 1.54) is 24.3 Å². The van der Waals surface area contributed by atoms with E-state index in [4.69, 9.17) is 10.00 Å². The molecule has 1 atom stereocenters. The molecule has 0 spiro atoms. The lowest BCUT2D eigenvalue weighted by Crippen LogP contribution is -2.16. The van der Waals surface area contributed by atoms with Crippen LogP contribution in [0.4, 0.5) is 0 Å². The molecule has 0 fully saturated rings. The first kappa shape index (κ1) is 14.0. The van der Waals surface area contributed by atoms with Gasteiger partial charge >= 0.3 is 5.97 Å². The molecule has 0 N–H and O–H groups in total. The Morgan fingerprint density at radius 2 is 1.90 bits per heavy atom. The van der Waals surface area contributed by atoms with Crippen molar-refractivity contribution in [3.63, 3.8) is 0 Å². The molecule has 0 aliphatic carbocycles. The monoisotopic (exact) mass is 285 g/mol. The van der Waals surface area contributed by atoms with Crippen LogP contribution >= 0.6 is 11.3 Å². The third kappa shape index (κ3) is 2.92. The molecule has 0 unspecified atom stereocenters. The van der Waals surface area contributed by atoms with Crippen LogP contribution in [0.3, 0.4) is 0 Å². The van der Waals surface area contributed by atoms with Crippen molar-refractivity contribution in [1.29, 1.82) is 5.26 Å². The Balaban J connectivity index is 2.34. The molecule has 4 nitrogen and oxygen atoms in total. The summed E-state index contributed by atoms with van der Waals surface area (Å²) in [6, 6.07) is 11.7. The fourth-order valence-electron chi connectivity index (χ4n) is 1.65. The number of carbonyl (C=O) groups is 2. The Morgan fingerprint density at radius 1 is 1.20 bits per heavy atom. The molecule has 1 aromatic heterocycles. The van der Waals surface area contributed by atoms with Crippen LogP contribution in [0, 0.1) is 11.3 Å². The SMILES string of the molecule is C[C@@H](C#N)OC(=O)c1ccccc1C(=O)c1cccs1. The van der Waals surface area contributed by atoms with Crippen molar-refractivity contribution in [2.75, 3.05) is 0 Å². The van der Waals surface area contributed by atoms with Gasteiger partial charge in [0.15, 0.2) is 6.10 Å². The predicted octanol–water partition coefficient (Wildman–Crippen LogP) is 3.05. The molecule has 1 aromatic carbocycles. The third-order valence-electron chi connectivity index (χ3n) is 2.60. The van der Waals surface area contributed by atoms with Crippen molar-refractivity contribution in [2.45, 2.75) is 13.0 Å². The topological polar surface area (TPSA) is 67.2 Å². The van der Waals surface area contributed by atoms with Gasteiger partial charge in [0, 0.05) is 5.56 Å². The summed E-state index contributed by atoms with van der Waals surface area (Å²) in [6.07, 6.45) is -0.854. The maximum absolute atomic E-state index is 12.3. The molecule has 1 heterocycles. The standard InChI is InChI=1S/C15H11NO3S/c1-10(9-16)19-15(18)12-6-3-2-5-11(12)14(17)13-7-4-8-20-13/h2-8,10H,1H3/t10-/m0/s1. The van der Waals surface area contributed by atoms with Gasteiger partial charge in [0.25, 0.3) is 0 Å². The van der Waals surface area contributed by atoms with E-state index in [1.807, 2.05) is 6.07 Å². The summed E-state index contributed by atoms with van der Waals surface area (Å²) in [5, 5.41) is 10.5. The molecular formula is C15H11NO3S. The summed E-state index contributed by atoms with van der Waals surface area (Å²) >= 11 is 1.31. The van der Waals surface area contributed by atoms with E-state index in [1.54, 1.807) is 35.7 Å². The maximum atomic E-state index is 12.3. The van der Waals surface area contributed by atoms with Crippen LogP contribution < -0.4 is 0 Å². The summed E-state index contributed by atoms with van der Waals surface area (Å²) in [5.74, 6) is -0.892. The summed E-state index contributed by atoms with van der Waals surface area (Å²) in [6.45, 7) is 1.47. The van der Waals surface area contributed by atoms with Crippen molar-refractivity contribution in [3.05, 3.63) is 57.8 Å². The fraction of sp³-hybridized carbons (Fsp3) is 0.133. The van der Waals surface area contributed by atoms with Crippen LogP contribution in [0.2, 0.25) is 0 Å². The van der Waals surface area contributed by atoms with Crippen molar-refractivity contribution >= 4 is 23.1 Å². The molecule has 0 bridgehead atoms. The normalized spacial score (nSPS) is 11.4. The van der Waals surface area contributed by atoms with Gasteiger partial charge in [-0.3, -0.25) is 4.79 Å². The van der Waals surface area contributed by atoms with E-state index < -0.39 is 12.1 Å². The van der Waals surface area contributed by atoms with Gasteiger partial charge in [-0.15, -0.1) is 11.3 Å². The van der Waals surface area contributed by atoms with Gasteiger partial charge in [0.2, 0.25) is 5.78 Å². The molecule has 20 heavy (non-hydrogen) atoms. The number of hydrogen-bond acceptors (Lipinski definition) is 5. The smallest absolute Gasteiger partial charge is 0.340 e. The van der Waals surface area contributed by atoms with E-state index >= 15 is 0 Å². The van der Waals surface area contributed by atoms with E-state index in [0.717, 1.165) is 0 Å². The first-order valence-corrected chi connectivity index (χ1v) is 6.79. The zero-order valence-corrected chi connectivity index (χ0v) is 11.5. The number of nitriles is 1. The lowest BCUT2D eigenvalue weighted by molar-refractivity contribution is 0.0433. The molecule has 0 aliphatic heterocycles. The molecule has 100 valence electrons. The number of rotatable bonds is 4. The van der Waals surface area contributed by atoms with Crippen molar-refractivity contribution < 1.29 is 14.3 Å². The van der Waals surface area contributed by atoms with Gasteiger partial charge in [-0.05, 0) is 24.4 Å². The summed E-state index contributed by atoms with van der Waals surface area (Å²) in [7, 11) is 0. The average molecular weight is 285 g/mol. The van der Waals surface area contributed by atoms with Gasteiger partial charge in [-0.1, -0.05) is 24.3 Å². The number of thiophene rings is 1. The van der Waals surface area contributed by atoms with E-state index in [0.29, 0.717) is 4.88 Å². The highest BCUT2D eigenvalue weighted by Gasteiger charge is 2.20. The van der Waals surface area contributed by atoms with E-state index in [9.17, 15) is 9.59 Å². The Morgan fingerprint density at radius 3 is 2.50 bits per heavy atom. The Hall–Kier alpha value is -2.45. The molecule has 2 rings (SSSR count). The van der Waals surface area contributed by atoms with Crippen LogP contribution in [-0.4, -0.2) is 17.9 Å². The second-order valence-corrected chi connectivity index (χ2v) is 4.98. The van der Waals surface area contributed by atoms with Crippen LogP contribution in [0.15, 0.2) is 41.8 Å². The minimum Gasteiger partial charge on any atom is -0.444 e. The Bertz CT molecular complexity index is 671. The quantitative estimate of drug-likeness (QED) is 0.639. The van der Waals surface area contributed by atoms with Crippen molar-refractivity contribution in [3.8, 4) is 6.07 Å². The van der Waals surface area contributed by atoms with Gasteiger partial charge in [0.1, 0.15) is 6.07 Å². The molecule has 5 heteroatoms. The zero-order chi connectivity index (χ0) is 14.5. The number of benzene rings is 1. The average Bonchev–Trinajstić information content (AvgIpc) is 3.00. The third-order valence-corrected chi connectivity index (χ3v) is 3.47. The number of carbonyl (C=O) groups excluding carboxylic acids is 2. The van der Waals surface area contributed by atoms with Gasteiger partial charge < -0.3 is 4.74 Å². The van der Waals surface area contributed by atoms with Crippen molar-refractivity contribution in [1.82, 2.24) is 0 Å².